The first-order chi connectivity index (χ1) is 8.22. The number of methoxy groups -OCH3 is 1. The molecule has 0 heterocycles. The van der Waals surface area contributed by atoms with Crippen LogP contribution in [0.2, 0.25) is 0 Å². The van der Waals surface area contributed by atoms with E-state index in [9.17, 15) is 5.11 Å². The molecule has 0 spiro atoms. The Balaban J connectivity index is 2.32. The van der Waals surface area contributed by atoms with Gasteiger partial charge >= 0.3 is 0 Å². The van der Waals surface area contributed by atoms with E-state index in [1.165, 1.54) is 0 Å². The predicted molar refractivity (Wildman–Crippen MR) is 76.2 cm³/mol. The SMILES string of the molecule is COc1ccc(C(O)c2ccccc2)cc1I. The summed E-state index contributed by atoms with van der Waals surface area (Å²) in [6.07, 6.45) is -0.587. The van der Waals surface area contributed by atoms with Crippen molar-refractivity contribution in [3.05, 3.63) is 63.2 Å². The lowest BCUT2D eigenvalue weighted by Gasteiger charge is -2.13. The van der Waals surface area contributed by atoms with Crippen LogP contribution in [0.1, 0.15) is 17.2 Å². The number of benzene rings is 2. The smallest absolute Gasteiger partial charge is 0.132 e. The summed E-state index contributed by atoms with van der Waals surface area (Å²) >= 11 is 2.20. The summed E-state index contributed by atoms with van der Waals surface area (Å²) in [7, 11) is 1.64. The monoisotopic (exact) mass is 340 g/mol. The van der Waals surface area contributed by atoms with Gasteiger partial charge in [-0.05, 0) is 45.9 Å². The lowest BCUT2D eigenvalue weighted by atomic mass is 10.0. The second-order valence-electron chi connectivity index (χ2n) is 3.71. The van der Waals surface area contributed by atoms with Gasteiger partial charge in [0.1, 0.15) is 11.9 Å². The highest BCUT2D eigenvalue weighted by molar-refractivity contribution is 14.1. The second-order valence-corrected chi connectivity index (χ2v) is 4.87. The summed E-state index contributed by atoms with van der Waals surface area (Å²) in [6, 6.07) is 15.3. The molecule has 0 aliphatic heterocycles. The normalized spacial score (nSPS) is 12.2. The average Bonchev–Trinajstić information content (AvgIpc) is 2.39. The van der Waals surface area contributed by atoms with E-state index in [2.05, 4.69) is 22.6 Å². The van der Waals surface area contributed by atoms with Gasteiger partial charge in [0.25, 0.3) is 0 Å². The number of halogens is 1. The Labute approximate surface area is 114 Å². The van der Waals surface area contributed by atoms with Crippen molar-refractivity contribution < 1.29 is 9.84 Å². The van der Waals surface area contributed by atoms with Crippen LogP contribution in [0.3, 0.4) is 0 Å². The molecule has 2 nitrogen and oxygen atoms in total. The minimum Gasteiger partial charge on any atom is -0.496 e. The van der Waals surface area contributed by atoms with E-state index < -0.39 is 6.10 Å². The van der Waals surface area contributed by atoms with Crippen LogP contribution in [0.15, 0.2) is 48.5 Å². The summed E-state index contributed by atoms with van der Waals surface area (Å²) < 4.78 is 6.19. The molecule has 0 aromatic heterocycles. The zero-order valence-electron chi connectivity index (χ0n) is 9.43. The van der Waals surface area contributed by atoms with E-state index in [0.717, 1.165) is 20.4 Å². The van der Waals surface area contributed by atoms with Gasteiger partial charge in [0.2, 0.25) is 0 Å². The molecule has 1 atom stereocenters. The molecule has 0 aliphatic rings. The molecule has 0 fully saturated rings. The van der Waals surface area contributed by atoms with Gasteiger partial charge in [0.15, 0.2) is 0 Å². The molecule has 2 rings (SSSR count). The fraction of sp³-hybridized carbons (Fsp3) is 0.143. The highest BCUT2D eigenvalue weighted by Gasteiger charge is 2.11. The van der Waals surface area contributed by atoms with Gasteiger partial charge < -0.3 is 9.84 Å². The van der Waals surface area contributed by atoms with Crippen molar-refractivity contribution >= 4 is 22.6 Å². The van der Waals surface area contributed by atoms with Crippen molar-refractivity contribution in [1.29, 1.82) is 0 Å². The quantitative estimate of drug-likeness (QED) is 0.868. The van der Waals surface area contributed by atoms with Gasteiger partial charge in [-0.1, -0.05) is 36.4 Å². The Morgan fingerprint density at radius 2 is 1.76 bits per heavy atom. The summed E-state index contributed by atoms with van der Waals surface area (Å²) in [6.45, 7) is 0. The van der Waals surface area contributed by atoms with Gasteiger partial charge in [0, 0.05) is 0 Å². The zero-order chi connectivity index (χ0) is 12.3. The van der Waals surface area contributed by atoms with Crippen LogP contribution in [-0.2, 0) is 0 Å². The highest BCUT2D eigenvalue weighted by Crippen LogP contribution is 2.27. The maximum Gasteiger partial charge on any atom is 0.132 e. The molecular formula is C14H13IO2. The maximum atomic E-state index is 10.2. The number of hydrogen-bond acceptors (Lipinski definition) is 2. The van der Waals surface area contributed by atoms with Crippen LogP contribution >= 0.6 is 22.6 Å². The largest absolute Gasteiger partial charge is 0.496 e. The third-order valence-electron chi connectivity index (χ3n) is 2.61. The Morgan fingerprint density at radius 1 is 1.06 bits per heavy atom. The molecule has 88 valence electrons. The maximum absolute atomic E-state index is 10.2. The molecule has 0 saturated heterocycles. The summed E-state index contributed by atoms with van der Waals surface area (Å²) in [5.41, 5.74) is 1.77. The van der Waals surface area contributed by atoms with E-state index in [4.69, 9.17) is 4.74 Å². The minimum absolute atomic E-state index is 0.587. The van der Waals surface area contributed by atoms with Crippen molar-refractivity contribution in [2.24, 2.45) is 0 Å². The molecule has 2 aromatic carbocycles. The fourth-order valence-electron chi connectivity index (χ4n) is 1.68. The molecule has 2 aromatic rings. The van der Waals surface area contributed by atoms with E-state index in [1.807, 2.05) is 48.5 Å². The summed E-state index contributed by atoms with van der Waals surface area (Å²) in [5, 5.41) is 10.2. The molecule has 1 unspecified atom stereocenters. The van der Waals surface area contributed by atoms with Gasteiger partial charge in [-0.3, -0.25) is 0 Å². The van der Waals surface area contributed by atoms with Gasteiger partial charge in [0.05, 0.1) is 10.7 Å². The standard InChI is InChI=1S/C14H13IO2/c1-17-13-8-7-11(9-12(13)15)14(16)10-5-3-2-4-6-10/h2-9,14,16H,1H3. The zero-order valence-corrected chi connectivity index (χ0v) is 11.6. The number of aliphatic hydroxyl groups is 1. The number of rotatable bonds is 3. The number of hydrogen-bond donors (Lipinski definition) is 1. The van der Waals surface area contributed by atoms with E-state index in [0.29, 0.717) is 0 Å². The summed E-state index contributed by atoms with van der Waals surface area (Å²) in [5.74, 6) is 0.828. The Hall–Kier alpha value is -1.07. The molecule has 17 heavy (non-hydrogen) atoms. The van der Waals surface area contributed by atoms with Crippen molar-refractivity contribution in [2.45, 2.75) is 6.10 Å². The van der Waals surface area contributed by atoms with Crippen LogP contribution in [0.4, 0.5) is 0 Å². The van der Waals surface area contributed by atoms with Crippen molar-refractivity contribution in [3.63, 3.8) is 0 Å². The first-order valence-electron chi connectivity index (χ1n) is 5.29. The lowest BCUT2D eigenvalue weighted by Crippen LogP contribution is -2.00. The number of aliphatic hydroxyl groups excluding tert-OH is 1. The van der Waals surface area contributed by atoms with E-state index >= 15 is 0 Å². The van der Waals surface area contributed by atoms with Gasteiger partial charge in [-0.25, -0.2) is 0 Å². The first-order valence-corrected chi connectivity index (χ1v) is 6.36. The minimum atomic E-state index is -0.587. The van der Waals surface area contributed by atoms with Crippen LogP contribution in [0.5, 0.6) is 5.75 Å². The van der Waals surface area contributed by atoms with Crippen LogP contribution in [-0.4, -0.2) is 12.2 Å². The molecule has 0 radical (unpaired) electrons. The third-order valence-corrected chi connectivity index (χ3v) is 3.45. The third kappa shape index (κ3) is 2.79. The van der Waals surface area contributed by atoms with Crippen LogP contribution in [0.25, 0.3) is 0 Å². The Kier molecular flexibility index (Phi) is 4.02. The summed E-state index contributed by atoms with van der Waals surface area (Å²) in [4.78, 5) is 0. The fourth-order valence-corrected chi connectivity index (χ4v) is 2.44. The predicted octanol–water partition coefficient (Wildman–Crippen LogP) is 3.38. The molecule has 0 bridgehead atoms. The van der Waals surface area contributed by atoms with Crippen molar-refractivity contribution in [2.75, 3.05) is 7.11 Å². The van der Waals surface area contributed by atoms with E-state index in [1.54, 1.807) is 7.11 Å². The highest BCUT2D eigenvalue weighted by atomic mass is 127. The Morgan fingerprint density at radius 3 is 2.35 bits per heavy atom. The van der Waals surface area contributed by atoms with Crippen LogP contribution in [0, 0.1) is 3.57 Å². The van der Waals surface area contributed by atoms with Crippen LogP contribution < -0.4 is 4.74 Å². The topological polar surface area (TPSA) is 29.5 Å². The number of ether oxygens (including phenoxy) is 1. The van der Waals surface area contributed by atoms with E-state index in [-0.39, 0.29) is 0 Å². The molecule has 3 heteroatoms. The molecule has 0 aliphatic carbocycles. The second kappa shape index (κ2) is 5.51. The molecular weight excluding hydrogens is 327 g/mol. The van der Waals surface area contributed by atoms with Gasteiger partial charge in [-0.15, -0.1) is 0 Å². The average molecular weight is 340 g/mol. The molecule has 0 amide bonds. The van der Waals surface area contributed by atoms with Crippen molar-refractivity contribution in [1.82, 2.24) is 0 Å². The van der Waals surface area contributed by atoms with Gasteiger partial charge in [-0.2, -0.15) is 0 Å². The van der Waals surface area contributed by atoms with Crippen molar-refractivity contribution in [3.8, 4) is 5.75 Å². The lowest BCUT2D eigenvalue weighted by molar-refractivity contribution is 0.220. The molecule has 1 N–H and O–H groups in total. The first kappa shape index (κ1) is 12.4. The Bertz CT molecular complexity index is 497. The molecule has 0 saturated carbocycles.